The molecule has 5 nitrogen and oxygen atoms in total. The molecule has 0 spiro atoms. The summed E-state index contributed by atoms with van der Waals surface area (Å²) in [5, 5.41) is 3.18. The highest BCUT2D eigenvalue weighted by molar-refractivity contribution is 5.61. The Labute approximate surface area is 106 Å². The van der Waals surface area contributed by atoms with Gasteiger partial charge in [-0.2, -0.15) is 0 Å². The molecule has 0 saturated heterocycles. The van der Waals surface area contributed by atoms with E-state index in [0.717, 1.165) is 11.1 Å². The third kappa shape index (κ3) is 2.88. The van der Waals surface area contributed by atoms with Crippen LogP contribution >= 0.6 is 0 Å². The Kier molecular flexibility index (Phi) is 3.62. The van der Waals surface area contributed by atoms with Gasteiger partial charge in [0.15, 0.2) is 0 Å². The van der Waals surface area contributed by atoms with Crippen molar-refractivity contribution in [2.24, 2.45) is 0 Å². The van der Waals surface area contributed by atoms with Crippen molar-refractivity contribution in [1.29, 1.82) is 0 Å². The van der Waals surface area contributed by atoms with Crippen molar-refractivity contribution in [3.8, 4) is 5.88 Å². The summed E-state index contributed by atoms with van der Waals surface area (Å²) in [5.74, 6) is 1.29. The van der Waals surface area contributed by atoms with Crippen LogP contribution < -0.4 is 15.8 Å². The first-order chi connectivity index (χ1) is 8.69. The van der Waals surface area contributed by atoms with Crippen molar-refractivity contribution in [3.63, 3.8) is 0 Å². The molecule has 3 N–H and O–H groups in total. The lowest BCUT2D eigenvalue weighted by atomic mass is 10.2. The van der Waals surface area contributed by atoms with Crippen molar-refractivity contribution in [2.75, 3.05) is 18.2 Å². The molecule has 0 aromatic carbocycles. The van der Waals surface area contributed by atoms with Crippen LogP contribution in [0, 0.1) is 6.92 Å². The van der Waals surface area contributed by atoms with Crippen LogP contribution in [0.1, 0.15) is 11.1 Å². The lowest BCUT2D eigenvalue weighted by Gasteiger charge is -2.08. The van der Waals surface area contributed by atoms with E-state index in [1.54, 1.807) is 19.5 Å². The third-order valence-corrected chi connectivity index (χ3v) is 2.52. The second-order valence-corrected chi connectivity index (χ2v) is 4.01. The predicted molar refractivity (Wildman–Crippen MR) is 71.5 cm³/mol. The molecule has 0 saturated carbocycles. The number of hydrogen-bond donors (Lipinski definition) is 2. The van der Waals surface area contributed by atoms with Crippen LogP contribution in [0.5, 0.6) is 5.88 Å². The number of aryl methyl sites for hydroxylation is 1. The SMILES string of the molecule is COc1ccc(CNc2ncc(C)cc2N)cn1. The summed E-state index contributed by atoms with van der Waals surface area (Å²) in [5.41, 5.74) is 8.61. The summed E-state index contributed by atoms with van der Waals surface area (Å²) in [7, 11) is 1.59. The van der Waals surface area contributed by atoms with E-state index in [1.807, 2.05) is 25.1 Å². The highest BCUT2D eigenvalue weighted by atomic mass is 16.5. The molecule has 0 aliphatic heterocycles. The van der Waals surface area contributed by atoms with Gasteiger partial charge in [-0.15, -0.1) is 0 Å². The molecule has 0 aliphatic rings. The van der Waals surface area contributed by atoms with E-state index in [0.29, 0.717) is 23.9 Å². The van der Waals surface area contributed by atoms with Crippen molar-refractivity contribution in [2.45, 2.75) is 13.5 Å². The molecule has 0 unspecified atom stereocenters. The van der Waals surface area contributed by atoms with Gasteiger partial charge in [0.05, 0.1) is 12.8 Å². The molecular weight excluding hydrogens is 228 g/mol. The van der Waals surface area contributed by atoms with Gasteiger partial charge >= 0.3 is 0 Å². The molecule has 0 bridgehead atoms. The highest BCUT2D eigenvalue weighted by Gasteiger charge is 2.01. The lowest BCUT2D eigenvalue weighted by Crippen LogP contribution is -2.05. The van der Waals surface area contributed by atoms with E-state index in [9.17, 15) is 0 Å². The number of rotatable bonds is 4. The number of nitrogens with two attached hydrogens (primary N) is 1. The zero-order valence-electron chi connectivity index (χ0n) is 10.5. The van der Waals surface area contributed by atoms with Gasteiger partial charge in [0.25, 0.3) is 0 Å². The third-order valence-electron chi connectivity index (χ3n) is 2.52. The first-order valence-electron chi connectivity index (χ1n) is 5.64. The van der Waals surface area contributed by atoms with Crippen molar-refractivity contribution < 1.29 is 4.74 Å². The molecule has 0 radical (unpaired) electrons. The number of ether oxygens (including phenoxy) is 1. The predicted octanol–water partition coefficient (Wildman–Crippen LogP) is 1.99. The van der Waals surface area contributed by atoms with E-state index in [1.165, 1.54) is 0 Å². The van der Waals surface area contributed by atoms with Gasteiger partial charge in [0.1, 0.15) is 5.82 Å². The lowest BCUT2D eigenvalue weighted by molar-refractivity contribution is 0.397. The maximum atomic E-state index is 5.87. The molecule has 2 aromatic rings. The second-order valence-electron chi connectivity index (χ2n) is 4.01. The van der Waals surface area contributed by atoms with Crippen LogP contribution in [0.25, 0.3) is 0 Å². The first-order valence-corrected chi connectivity index (χ1v) is 5.64. The van der Waals surface area contributed by atoms with Crippen LogP contribution in [-0.4, -0.2) is 17.1 Å². The number of nitrogens with zero attached hydrogens (tertiary/aromatic N) is 2. The average molecular weight is 244 g/mol. The minimum atomic E-state index is 0.603. The topological polar surface area (TPSA) is 73.1 Å². The molecule has 0 fully saturated rings. The Bertz CT molecular complexity index is 525. The van der Waals surface area contributed by atoms with Crippen LogP contribution in [0.2, 0.25) is 0 Å². The largest absolute Gasteiger partial charge is 0.481 e. The van der Waals surface area contributed by atoms with E-state index in [4.69, 9.17) is 10.5 Å². The average Bonchev–Trinajstić information content (AvgIpc) is 2.38. The summed E-state index contributed by atoms with van der Waals surface area (Å²) in [6.45, 7) is 2.58. The molecule has 18 heavy (non-hydrogen) atoms. The van der Waals surface area contributed by atoms with E-state index >= 15 is 0 Å². The quantitative estimate of drug-likeness (QED) is 0.860. The molecule has 0 aliphatic carbocycles. The standard InChI is InChI=1S/C13H16N4O/c1-9-5-11(14)13(16-6-9)17-8-10-3-4-12(18-2)15-7-10/h3-7H,8,14H2,1-2H3,(H,16,17). The number of hydrogen-bond acceptors (Lipinski definition) is 5. The van der Waals surface area contributed by atoms with Gasteiger partial charge in [-0.3, -0.25) is 0 Å². The zero-order valence-corrected chi connectivity index (χ0v) is 10.5. The molecule has 5 heteroatoms. The Morgan fingerprint density at radius 3 is 2.72 bits per heavy atom. The summed E-state index contributed by atoms with van der Waals surface area (Å²) in [6, 6.07) is 5.66. The molecule has 94 valence electrons. The number of pyridine rings is 2. The van der Waals surface area contributed by atoms with Gasteiger partial charge in [0.2, 0.25) is 5.88 Å². The molecule has 2 heterocycles. The van der Waals surface area contributed by atoms with E-state index in [2.05, 4.69) is 15.3 Å². The number of aromatic nitrogens is 2. The van der Waals surface area contributed by atoms with Crippen molar-refractivity contribution in [3.05, 3.63) is 41.7 Å². The zero-order chi connectivity index (χ0) is 13.0. The maximum absolute atomic E-state index is 5.87. The monoisotopic (exact) mass is 244 g/mol. The number of nitrogens with one attached hydrogen (secondary N) is 1. The van der Waals surface area contributed by atoms with E-state index in [-0.39, 0.29) is 0 Å². The van der Waals surface area contributed by atoms with Crippen molar-refractivity contribution in [1.82, 2.24) is 9.97 Å². The van der Waals surface area contributed by atoms with Gasteiger partial charge in [-0.25, -0.2) is 9.97 Å². The fourth-order valence-corrected chi connectivity index (χ4v) is 1.56. The van der Waals surface area contributed by atoms with E-state index < -0.39 is 0 Å². The fraction of sp³-hybridized carbons (Fsp3) is 0.231. The first kappa shape index (κ1) is 12.2. The summed E-state index contributed by atoms with van der Waals surface area (Å²) >= 11 is 0. The molecule has 2 aromatic heterocycles. The molecule has 0 amide bonds. The number of methoxy groups -OCH3 is 1. The van der Waals surface area contributed by atoms with Gasteiger partial charge in [0, 0.05) is 25.0 Å². The summed E-state index contributed by atoms with van der Waals surface area (Å²) in [6.07, 6.45) is 3.54. The fourth-order valence-electron chi connectivity index (χ4n) is 1.56. The van der Waals surface area contributed by atoms with Crippen LogP contribution in [-0.2, 0) is 6.54 Å². The Morgan fingerprint density at radius 1 is 1.28 bits per heavy atom. The molecule has 2 rings (SSSR count). The Hall–Kier alpha value is -2.30. The number of nitrogen functional groups attached to an aromatic ring is 1. The van der Waals surface area contributed by atoms with Gasteiger partial charge in [-0.05, 0) is 24.1 Å². The minimum absolute atomic E-state index is 0.603. The summed E-state index contributed by atoms with van der Waals surface area (Å²) in [4.78, 5) is 8.38. The highest BCUT2D eigenvalue weighted by Crippen LogP contribution is 2.17. The van der Waals surface area contributed by atoms with Crippen LogP contribution in [0.3, 0.4) is 0 Å². The Morgan fingerprint density at radius 2 is 2.11 bits per heavy atom. The van der Waals surface area contributed by atoms with Crippen molar-refractivity contribution >= 4 is 11.5 Å². The van der Waals surface area contributed by atoms with Gasteiger partial charge < -0.3 is 15.8 Å². The smallest absolute Gasteiger partial charge is 0.212 e. The minimum Gasteiger partial charge on any atom is -0.481 e. The molecular formula is C13H16N4O. The second kappa shape index (κ2) is 5.35. The molecule has 0 atom stereocenters. The van der Waals surface area contributed by atoms with Crippen LogP contribution in [0.4, 0.5) is 11.5 Å². The Balaban J connectivity index is 2.02. The normalized spacial score (nSPS) is 10.1. The van der Waals surface area contributed by atoms with Crippen LogP contribution in [0.15, 0.2) is 30.6 Å². The number of anilines is 2. The van der Waals surface area contributed by atoms with Gasteiger partial charge in [-0.1, -0.05) is 6.07 Å². The maximum Gasteiger partial charge on any atom is 0.212 e. The summed E-state index contributed by atoms with van der Waals surface area (Å²) < 4.78 is 5.00.